The summed E-state index contributed by atoms with van der Waals surface area (Å²) in [6.07, 6.45) is 0.290. The highest BCUT2D eigenvalue weighted by molar-refractivity contribution is 5.95. The van der Waals surface area contributed by atoms with Crippen molar-refractivity contribution in [2.45, 2.75) is 39.2 Å². The Morgan fingerprint density at radius 2 is 2.06 bits per heavy atom. The molecule has 0 spiro atoms. The first-order valence-corrected chi connectivity index (χ1v) is 5.70. The largest absolute Gasteiger partial charge is 0.515 e. The minimum absolute atomic E-state index is 0.0127. The molecule has 1 saturated heterocycles. The second kappa shape index (κ2) is 4.49. The highest BCUT2D eigenvalue weighted by atomic mass is 16.4. The van der Waals surface area contributed by atoms with Gasteiger partial charge in [-0.2, -0.15) is 0 Å². The first-order chi connectivity index (χ1) is 7.74. The molecule has 5 heteroatoms. The molecule has 0 saturated carbocycles. The average molecular weight is 241 g/mol. The standard InChI is InChI=1S/C12H19NO4/c1-12(2,3)13(11(16)17)6-4-5-10(15)9(7-13)8-14/h8H,4-7H2,1-3H3,(H-,14,15,16,17). The van der Waals surface area contributed by atoms with Crippen molar-refractivity contribution in [2.24, 2.45) is 0 Å². The number of ketones is 1. The van der Waals surface area contributed by atoms with E-state index >= 15 is 0 Å². The van der Waals surface area contributed by atoms with E-state index in [1.807, 2.05) is 0 Å². The number of rotatable bonds is 0. The molecular formula is C12H19NO4. The molecular weight excluding hydrogens is 222 g/mol. The van der Waals surface area contributed by atoms with Gasteiger partial charge in [0, 0.05) is 12.8 Å². The van der Waals surface area contributed by atoms with Crippen LogP contribution in [0.4, 0.5) is 4.79 Å². The van der Waals surface area contributed by atoms with Gasteiger partial charge in [0.05, 0.1) is 23.9 Å². The van der Waals surface area contributed by atoms with Gasteiger partial charge in [-0.25, -0.2) is 0 Å². The molecule has 96 valence electrons. The van der Waals surface area contributed by atoms with E-state index in [1.54, 1.807) is 20.8 Å². The molecule has 1 fully saturated rings. The van der Waals surface area contributed by atoms with E-state index in [4.69, 9.17) is 5.11 Å². The highest BCUT2D eigenvalue weighted by Gasteiger charge is 2.45. The predicted octanol–water partition coefficient (Wildman–Crippen LogP) is 0.750. The maximum atomic E-state index is 11.6. The van der Waals surface area contributed by atoms with Crippen LogP contribution < -0.4 is 5.11 Å². The van der Waals surface area contributed by atoms with Crippen LogP contribution >= 0.6 is 0 Å². The van der Waals surface area contributed by atoms with Gasteiger partial charge < -0.3 is 15.0 Å². The Morgan fingerprint density at radius 3 is 2.47 bits per heavy atom. The number of carboxylic acid groups (broad SMARTS) is 1. The van der Waals surface area contributed by atoms with Gasteiger partial charge in [-0.3, -0.25) is 9.28 Å². The summed E-state index contributed by atoms with van der Waals surface area (Å²) in [5.74, 6) is -0.182. The predicted molar refractivity (Wildman–Crippen MR) is 60.1 cm³/mol. The number of carbonyl (C=O) groups excluding carboxylic acids is 2. The number of aliphatic hydroxyl groups excluding tert-OH is 1. The van der Waals surface area contributed by atoms with Crippen molar-refractivity contribution in [1.29, 1.82) is 0 Å². The zero-order valence-electron chi connectivity index (χ0n) is 10.5. The topological polar surface area (TPSA) is 77.4 Å². The summed E-state index contributed by atoms with van der Waals surface area (Å²) in [5, 5.41) is 20.5. The maximum Gasteiger partial charge on any atom is 0.258 e. The molecule has 0 aromatic carbocycles. The summed E-state index contributed by atoms with van der Waals surface area (Å²) >= 11 is 0. The number of hydrogen-bond acceptors (Lipinski definition) is 4. The van der Waals surface area contributed by atoms with E-state index in [-0.39, 0.29) is 28.8 Å². The Labute approximate surface area is 101 Å². The van der Waals surface area contributed by atoms with E-state index < -0.39 is 11.6 Å². The fourth-order valence-electron chi connectivity index (χ4n) is 2.24. The molecule has 0 aromatic heterocycles. The Morgan fingerprint density at radius 1 is 1.47 bits per heavy atom. The zero-order chi connectivity index (χ0) is 13.3. The molecule has 1 unspecified atom stereocenters. The van der Waals surface area contributed by atoms with Gasteiger partial charge in [-0.05, 0) is 20.8 Å². The summed E-state index contributed by atoms with van der Waals surface area (Å²) in [6, 6.07) is 0. The minimum atomic E-state index is -1.20. The molecule has 1 atom stereocenters. The van der Waals surface area contributed by atoms with Crippen molar-refractivity contribution in [2.75, 3.05) is 13.1 Å². The van der Waals surface area contributed by atoms with Crippen LogP contribution in [0.3, 0.4) is 0 Å². The second-order valence-electron chi connectivity index (χ2n) is 5.47. The SMILES string of the molecule is CC(C)(C)[N+]1(C(=O)[O-])CCCC(=O)C(=CO)C1. The average Bonchev–Trinajstić information content (AvgIpc) is 2.36. The summed E-state index contributed by atoms with van der Waals surface area (Å²) < 4.78 is -0.328. The van der Waals surface area contributed by atoms with E-state index in [2.05, 4.69) is 0 Å². The van der Waals surface area contributed by atoms with Crippen molar-refractivity contribution in [3.8, 4) is 0 Å². The summed E-state index contributed by atoms with van der Waals surface area (Å²) in [4.78, 5) is 23.1. The number of amides is 1. The third kappa shape index (κ3) is 2.34. The number of hydrogen-bond donors (Lipinski definition) is 1. The molecule has 0 bridgehead atoms. The van der Waals surface area contributed by atoms with Crippen molar-refractivity contribution in [3.63, 3.8) is 0 Å². The molecule has 0 aliphatic carbocycles. The number of likely N-dealkylation sites (tertiary alicyclic amines) is 1. The normalized spacial score (nSPS) is 29.1. The van der Waals surface area contributed by atoms with Crippen molar-refractivity contribution < 1.29 is 24.3 Å². The van der Waals surface area contributed by atoms with E-state index in [9.17, 15) is 14.7 Å². The Hall–Kier alpha value is -1.36. The van der Waals surface area contributed by atoms with Crippen LogP contribution in [0.2, 0.25) is 0 Å². The van der Waals surface area contributed by atoms with Crippen molar-refractivity contribution >= 4 is 11.9 Å². The lowest BCUT2D eigenvalue weighted by atomic mass is 10.0. The van der Waals surface area contributed by atoms with Crippen molar-refractivity contribution in [1.82, 2.24) is 0 Å². The summed E-state index contributed by atoms with van der Waals surface area (Å²) in [7, 11) is 0. The quantitative estimate of drug-likeness (QED) is 0.385. The molecule has 1 N–H and O–H groups in total. The molecule has 5 nitrogen and oxygen atoms in total. The molecule has 0 radical (unpaired) electrons. The van der Waals surface area contributed by atoms with Crippen LogP contribution in [0.5, 0.6) is 0 Å². The fraction of sp³-hybridized carbons (Fsp3) is 0.667. The molecule has 1 aliphatic heterocycles. The monoisotopic (exact) mass is 241 g/mol. The summed E-state index contributed by atoms with van der Waals surface area (Å²) in [5.41, 5.74) is -0.417. The fourth-order valence-corrected chi connectivity index (χ4v) is 2.24. The van der Waals surface area contributed by atoms with Gasteiger partial charge in [0.25, 0.3) is 6.09 Å². The van der Waals surface area contributed by atoms with E-state index in [0.717, 1.165) is 6.26 Å². The summed E-state index contributed by atoms with van der Waals surface area (Å²) in [6.45, 7) is 5.73. The number of quaternary nitrogens is 1. The molecule has 0 aromatic rings. The van der Waals surface area contributed by atoms with Crippen LogP contribution in [-0.4, -0.2) is 40.1 Å². The highest BCUT2D eigenvalue weighted by Crippen LogP contribution is 2.30. The number of aliphatic hydroxyl groups is 1. The van der Waals surface area contributed by atoms with Crippen molar-refractivity contribution in [3.05, 3.63) is 11.8 Å². The Kier molecular flexibility index (Phi) is 3.62. The van der Waals surface area contributed by atoms with Crippen LogP contribution in [0.15, 0.2) is 11.8 Å². The third-order valence-electron chi connectivity index (χ3n) is 3.53. The van der Waals surface area contributed by atoms with Crippen LogP contribution in [0.25, 0.3) is 0 Å². The van der Waals surface area contributed by atoms with Crippen LogP contribution in [-0.2, 0) is 4.79 Å². The zero-order valence-corrected chi connectivity index (χ0v) is 10.5. The lowest BCUT2D eigenvalue weighted by Gasteiger charge is -2.47. The van der Waals surface area contributed by atoms with Gasteiger partial charge in [0.15, 0.2) is 5.78 Å². The maximum absolute atomic E-state index is 11.6. The smallest absolute Gasteiger partial charge is 0.258 e. The van der Waals surface area contributed by atoms with Gasteiger partial charge in [0.1, 0.15) is 6.54 Å². The molecule has 17 heavy (non-hydrogen) atoms. The molecule has 1 heterocycles. The van der Waals surface area contributed by atoms with Gasteiger partial charge in [-0.15, -0.1) is 0 Å². The van der Waals surface area contributed by atoms with Gasteiger partial charge in [-0.1, -0.05) is 0 Å². The Balaban J connectivity index is 3.24. The molecule has 1 amide bonds. The van der Waals surface area contributed by atoms with Crippen LogP contribution in [0.1, 0.15) is 33.6 Å². The van der Waals surface area contributed by atoms with E-state index in [0.29, 0.717) is 13.0 Å². The number of carbonyl (C=O) groups is 2. The lowest BCUT2D eigenvalue weighted by Crippen LogP contribution is -2.68. The number of Topliss-reactive ketones (excluding diaryl/α,β-unsaturated/α-hetero) is 1. The first-order valence-electron chi connectivity index (χ1n) is 5.70. The van der Waals surface area contributed by atoms with E-state index in [1.165, 1.54) is 0 Å². The van der Waals surface area contributed by atoms with Crippen LogP contribution in [0, 0.1) is 0 Å². The van der Waals surface area contributed by atoms with Gasteiger partial charge >= 0.3 is 0 Å². The lowest BCUT2D eigenvalue weighted by molar-refractivity contribution is -0.914. The van der Waals surface area contributed by atoms with Gasteiger partial charge in [0.2, 0.25) is 0 Å². The number of nitrogens with zero attached hydrogens (tertiary/aromatic N) is 1. The molecule has 1 aliphatic rings. The Bertz CT molecular complexity index is 367. The molecule has 1 rings (SSSR count). The third-order valence-corrected chi connectivity index (χ3v) is 3.53. The first kappa shape index (κ1) is 13.7. The minimum Gasteiger partial charge on any atom is -0.515 e. The second-order valence-corrected chi connectivity index (χ2v) is 5.47.